The van der Waals surface area contributed by atoms with Crippen LogP contribution in [0.15, 0.2) is 0 Å². The standard InChI is InChI=1S/C7H12N2O2S/c1-5-3-7(5)9-12(10,11)6(2)4-8/h5-7,9H,3H2,1-2H3. The second-order valence-electron chi connectivity index (χ2n) is 3.25. The third-order valence-electron chi connectivity index (χ3n) is 2.07. The van der Waals surface area contributed by atoms with Crippen molar-refractivity contribution in [2.24, 2.45) is 5.92 Å². The Hall–Kier alpha value is -0.600. The van der Waals surface area contributed by atoms with Gasteiger partial charge in [-0.2, -0.15) is 5.26 Å². The second kappa shape index (κ2) is 3.04. The number of nitrogens with one attached hydrogen (secondary N) is 1. The lowest BCUT2D eigenvalue weighted by molar-refractivity contribution is 0.574. The van der Waals surface area contributed by atoms with Crippen molar-refractivity contribution >= 4 is 10.0 Å². The zero-order valence-electron chi connectivity index (χ0n) is 7.11. The van der Waals surface area contributed by atoms with Gasteiger partial charge in [-0.05, 0) is 19.3 Å². The van der Waals surface area contributed by atoms with Crippen molar-refractivity contribution in [3.8, 4) is 6.07 Å². The van der Waals surface area contributed by atoms with Gasteiger partial charge in [0.05, 0.1) is 6.07 Å². The highest BCUT2D eigenvalue weighted by atomic mass is 32.2. The van der Waals surface area contributed by atoms with Crippen LogP contribution in [0.25, 0.3) is 0 Å². The molecular weight excluding hydrogens is 176 g/mol. The van der Waals surface area contributed by atoms with Gasteiger partial charge in [0.15, 0.2) is 5.25 Å². The molecule has 12 heavy (non-hydrogen) atoms. The maximum Gasteiger partial charge on any atom is 0.227 e. The maximum atomic E-state index is 11.2. The summed E-state index contributed by atoms with van der Waals surface area (Å²) >= 11 is 0. The topological polar surface area (TPSA) is 70.0 Å². The van der Waals surface area contributed by atoms with Crippen molar-refractivity contribution in [1.82, 2.24) is 4.72 Å². The molecule has 3 unspecified atom stereocenters. The third kappa shape index (κ3) is 1.96. The number of hydrogen-bond acceptors (Lipinski definition) is 3. The van der Waals surface area contributed by atoms with Crippen LogP contribution < -0.4 is 4.72 Å². The third-order valence-corrected chi connectivity index (χ3v) is 3.74. The molecule has 0 aliphatic heterocycles. The van der Waals surface area contributed by atoms with E-state index in [-0.39, 0.29) is 6.04 Å². The summed E-state index contributed by atoms with van der Waals surface area (Å²) in [5, 5.41) is 7.45. The summed E-state index contributed by atoms with van der Waals surface area (Å²) in [5.41, 5.74) is 0. The van der Waals surface area contributed by atoms with Gasteiger partial charge in [0.25, 0.3) is 0 Å². The first kappa shape index (κ1) is 9.49. The van der Waals surface area contributed by atoms with Gasteiger partial charge in [0.1, 0.15) is 0 Å². The van der Waals surface area contributed by atoms with Gasteiger partial charge in [-0.25, -0.2) is 13.1 Å². The Morgan fingerprint density at radius 1 is 1.67 bits per heavy atom. The Morgan fingerprint density at radius 3 is 2.50 bits per heavy atom. The van der Waals surface area contributed by atoms with E-state index in [4.69, 9.17) is 5.26 Å². The summed E-state index contributed by atoms with van der Waals surface area (Å²) < 4.78 is 24.9. The molecule has 68 valence electrons. The molecule has 0 heterocycles. The first-order valence-corrected chi connectivity index (χ1v) is 5.42. The largest absolute Gasteiger partial charge is 0.227 e. The normalized spacial score (nSPS) is 30.8. The van der Waals surface area contributed by atoms with E-state index in [1.807, 2.05) is 6.92 Å². The Kier molecular flexibility index (Phi) is 2.40. The number of nitrogens with zero attached hydrogens (tertiary/aromatic N) is 1. The molecule has 0 aromatic heterocycles. The van der Waals surface area contributed by atoms with Crippen LogP contribution in [-0.4, -0.2) is 19.7 Å². The van der Waals surface area contributed by atoms with Crippen LogP contribution in [0.1, 0.15) is 20.3 Å². The average molecular weight is 188 g/mol. The number of hydrogen-bond donors (Lipinski definition) is 1. The molecule has 0 aromatic carbocycles. The van der Waals surface area contributed by atoms with E-state index in [0.717, 1.165) is 6.42 Å². The molecule has 1 aliphatic carbocycles. The van der Waals surface area contributed by atoms with Gasteiger partial charge >= 0.3 is 0 Å². The van der Waals surface area contributed by atoms with Crippen LogP contribution in [0.2, 0.25) is 0 Å². The minimum atomic E-state index is -3.39. The van der Waals surface area contributed by atoms with Crippen LogP contribution in [0.5, 0.6) is 0 Å². The van der Waals surface area contributed by atoms with E-state index in [1.54, 1.807) is 6.07 Å². The van der Waals surface area contributed by atoms with E-state index < -0.39 is 15.3 Å². The molecule has 0 amide bonds. The minimum absolute atomic E-state index is 0.0609. The lowest BCUT2D eigenvalue weighted by Gasteiger charge is -2.05. The van der Waals surface area contributed by atoms with Crippen molar-refractivity contribution in [2.45, 2.75) is 31.6 Å². The van der Waals surface area contributed by atoms with E-state index in [9.17, 15) is 8.42 Å². The molecular formula is C7H12N2O2S. The van der Waals surface area contributed by atoms with Crippen molar-refractivity contribution in [1.29, 1.82) is 5.26 Å². The minimum Gasteiger partial charge on any atom is -0.211 e. The Morgan fingerprint density at radius 2 is 2.17 bits per heavy atom. The lowest BCUT2D eigenvalue weighted by Crippen LogP contribution is -2.33. The fourth-order valence-corrected chi connectivity index (χ4v) is 1.96. The predicted octanol–water partition coefficient (Wildman–Crippen LogP) is 0.226. The lowest BCUT2D eigenvalue weighted by atomic mass is 10.5. The van der Waals surface area contributed by atoms with Gasteiger partial charge < -0.3 is 0 Å². The van der Waals surface area contributed by atoms with E-state index >= 15 is 0 Å². The van der Waals surface area contributed by atoms with Crippen molar-refractivity contribution in [3.63, 3.8) is 0 Å². The molecule has 1 saturated carbocycles. The quantitative estimate of drug-likeness (QED) is 0.689. The zero-order valence-corrected chi connectivity index (χ0v) is 7.93. The molecule has 5 heteroatoms. The molecule has 1 rings (SSSR count). The summed E-state index contributed by atoms with van der Waals surface area (Å²) in [5.74, 6) is 0.422. The molecule has 0 aromatic rings. The average Bonchev–Trinajstić information content (AvgIpc) is 2.63. The predicted molar refractivity (Wildman–Crippen MR) is 44.7 cm³/mol. The fourth-order valence-electron chi connectivity index (χ4n) is 0.869. The smallest absolute Gasteiger partial charge is 0.211 e. The van der Waals surface area contributed by atoms with Crippen molar-refractivity contribution in [2.75, 3.05) is 0 Å². The van der Waals surface area contributed by atoms with Gasteiger partial charge in [-0.3, -0.25) is 0 Å². The molecule has 0 saturated heterocycles. The van der Waals surface area contributed by atoms with E-state index in [1.165, 1.54) is 6.92 Å². The summed E-state index contributed by atoms with van der Waals surface area (Å²) in [6.45, 7) is 3.36. The summed E-state index contributed by atoms with van der Waals surface area (Å²) in [6, 6.07) is 1.76. The number of sulfonamides is 1. The Bertz CT molecular complexity index is 304. The van der Waals surface area contributed by atoms with Crippen LogP contribution in [0, 0.1) is 17.2 Å². The van der Waals surface area contributed by atoms with Crippen LogP contribution >= 0.6 is 0 Å². The zero-order chi connectivity index (χ0) is 9.35. The maximum absolute atomic E-state index is 11.2. The summed E-state index contributed by atoms with van der Waals surface area (Å²) in [7, 11) is -3.39. The molecule has 1 fully saturated rings. The SMILES string of the molecule is CC1CC1NS(=O)(=O)C(C)C#N. The molecule has 1 aliphatic rings. The Balaban J connectivity index is 2.56. The highest BCUT2D eigenvalue weighted by molar-refractivity contribution is 7.90. The summed E-state index contributed by atoms with van der Waals surface area (Å²) in [6.07, 6.45) is 0.886. The van der Waals surface area contributed by atoms with Gasteiger partial charge in [0.2, 0.25) is 10.0 Å². The van der Waals surface area contributed by atoms with Crippen molar-refractivity contribution in [3.05, 3.63) is 0 Å². The van der Waals surface area contributed by atoms with Gasteiger partial charge in [-0.15, -0.1) is 0 Å². The molecule has 0 bridgehead atoms. The molecule has 0 spiro atoms. The second-order valence-corrected chi connectivity index (χ2v) is 5.29. The Labute approximate surface area is 72.6 Å². The molecule has 1 N–H and O–H groups in total. The number of rotatable bonds is 3. The van der Waals surface area contributed by atoms with Gasteiger partial charge in [-0.1, -0.05) is 6.92 Å². The molecule has 0 radical (unpaired) electrons. The highest BCUT2D eigenvalue weighted by Crippen LogP contribution is 2.29. The van der Waals surface area contributed by atoms with E-state index in [0.29, 0.717) is 5.92 Å². The fraction of sp³-hybridized carbons (Fsp3) is 0.857. The molecule has 3 atom stereocenters. The van der Waals surface area contributed by atoms with Crippen LogP contribution in [-0.2, 0) is 10.0 Å². The molecule has 4 nitrogen and oxygen atoms in total. The van der Waals surface area contributed by atoms with Crippen LogP contribution in [0.3, 0.4) is 0 Å². The van der Waals surface area contributed by atoms with Crippen LogP contribution in [0.4, 0.5) is 0 Å². The first-order chi connectivity index (χ1) is 5.47. The monoisotopic (exact) mass is 188 g/mol. The van der Waals surface area contributed by atoms with E-state index in [2.05, 4.69) is 4.72 Å². The highest BCUT2D eigenvalue weighted by Gasteiger charge is 2.37. The van der Waals surface area contributed by atoms with Crippen molar-refractivity contribution < 1.29 is 8.42 Å². The summed E-state index contributed by atoms with van der Waals surface area (Å²) in [4.78, 5) is 0. The van der Waals surface area contributed by atoms with Gasteiger partial charge in [0, 0.05) is 6.04 Å². The number of nitriles is 1. The first-order valence-electron chi connectivity index (χ1n) is 3.88.